The fourth-order valence-electron chi connectivity index (χ4n) is 3.53. The number of carbonyl (C=O) groups is 1. The SMILES string of the molecule is Cc1ccc(-c2ccc(N(C)C(=O)C3CCC(C)CC3)cc2)cc1. The molecule has 0 bridgehead atoms. The van der Waals surface area contributed by atoms with E-state index < -0.39 is 0 Å². The second kappa shape index (κ2) is 7.21. The van der Waals surface area contributed by atoms with Crippen LogP contribution < -0.4 is 4.90 Å². The van der Waals surface area contributed by atoms with Crippen molar-refractivity contribution in [1.82, 2.24) is 0 Å². The highest BCUT2D eigenvalue weighted by atomic mass is 16.2. The summed E-state index contributed by atoms with van der Waals surface area (Å²) in [4.78, 5) is 14.6. The number of hydrogen-bond donors (Lipinski definition) is 0. The lowest BCUT2D eigenvalue weighted by Gasteiger charge is -2.29. The zero-order chi connectivity index (χ0) is 17.1. The van der Waals surface area contributed by atoms with Crippen molar-refractivity contribution in [2.24, 2.45) is 11.8 Å². The van der Waals surface area contributed by atoms with Crippen LogP contribution in [0.5, 0.6) is 0 Å². The molecule has 0 N–H and O–H groups in total. The summed E-state index contributed by atoms with van der Waals surface area (Å²) >= 11 is 0. The van der Waals surface area contributed by atoms with Crippen LogP contribution >= 0.6 is 0 Å². The Morgan fingerprint density at radius 1 is 0.875 bits per heavy atom. The zero-order valence-corrected chi connectivity index (χ0v) is 15.0. The third-order valence-electron chi connectivity index (χ3n) is 5.34. The Bertz CT molecular complexity index is 679. The second-order valence-corrected chi connectivity index (χ2v) is 7.27. The van der Waals surface area contributed by atoms with Crippen LogP contribution in [0.25, 0.3) is 11.1 Å². The monoisotopic (exact) mass is 321 g/mol. The number of benzene rings is 2. The van der Waals surface area contributed by atoms with E-state index in [1.54, 1.807) is 0 Å². The van der Waals surface area contributed by atoms with Crippen molar-refractivity contribution in [3.05, 3.63) is 54.1 Å². The van der Waals surface area contributed by atoms with Gasteiger partial charge in [0.1, 0.15) is 0 Å². The molecule has 1 aliphatic carbocycles. The lowest BCUT2D eigenvalue weighted by atomic mass is 9.82. The number of carbonyl (C=O) groups excluding carboxylic acids is 1. The fourth-order valence-corrected chi connectivity index (χ4v) is 3.53. The van der Waals surface area contributed by atoms with Gasteiger partial charge in [0.05, 0.1) is 0 Å². The summed E-state index contributed by atoms with van der Waals surface area (Å²) in [5, 5.41) is 0. The predicted molar refractivity (Wildman–Crippen MR) is 101 cm³/mol. The minimum absolute atomic E-state index is 0.197. The van der Waals surface area contributed by atoms with E-state index in [-0.39, 0.29) is 11.8 Å². The Kier molecular flexibility index (Phi) is 5.03. The number of anilines is 1. The lowest BCUT2D eigenvalue weighted by Crippen LogP contribution is -2.34. The van der Waals surface area contributed by atoms with Crippen LogP contribution in [0, 0.1) is 18.8 Å². The fraction of sp³-hybridized carbons (Fsp3) is 0.409. The molecule has 2 aromatic rings. The summed E-state index contributed by atoms with van der Waals surface area (Å²) in [5.41, 5.74) is 4.64. The molecule has 1 fully saturated rings. The maximum absolute atomic E-state index is 12.7. The molecule has 1 saturated carbocycles. The summed E-state index contributed by atoms with van der Waals surface area (Å²) in [6.07, 6.45) is 4.42. The highest BCUT2D eigenvalue weighted by Crippen LogP contribution is 2.31. The van der Waals surface area contributed by atoms with Crippen molar-refractivity contribution >= 4 is 11.6 Å². The summed E-state index contributed by atoms with van der Waals surface area (Å²) in [7, 11) is 1.90. The molecule has 3 rings (SSSR count). The molecule has 24 heavy (non-hydrogen) atoms. The molecule has 0 atom stereocenters. The van der Waals surface area contributed by atoms with E-state index in [0.29, 0.717) is 0 Å². The highest BCUT2D eigenvalue weighted by Gasteiger charge is 2.27. The molecular formula is C22H27NO. The molecule has 1 aliphatic rings. The Hall–Kier alpha value is -2.09. The topological polar surface area (TPSA) is 20.3 Å². The van der Waals surface area contributed by atoms with Crippen LogP contribution in [0.1, 0.15) is 38.2 Å². The van der Waals surface area contributed by atoms with Gasteiger partial charge in [0.25, 0.3) is 0 Å². The Labute approximate surface area is 145 Å². The minimum atomic E-state index is 0.197. The van der Waals surface area contributed by atoms with E-state index in [4.69, 9.17) is 0 Å². The van der Waals surface area contributed by atoms with Crippen molar-refractivity contribution in [2.45, 2.75) is 39.5 Å². The lowest BCUT2D eigenvalue weighted by molar-refractivity contribution is -0.123. The first-order valence-corrected chi connectivity index (χ1v) is 8.99. The summed E-state index contributed by atoms with van der Waals surface area (Å²) in [6, 6.07) is 16.9. The maximum atomic E-state index is 12.7. The second-order valence-electron chi connectivity index (χ2n) is 7.27. The molecule has 0 aromatic heterocycles. The average Bonchev–Trinajstić information content (AvgIpc) is 2.62. The van der Waals surface area contributed by atoms with Gasteiger partial charge in [-0.15, -0.1) is 0 Å². The van der Waals surface area contributed by atoms with Crippen LogP contribution in [0.15, 0.2) is 48.5 Å². The average molecular weight is 321 g/mol. The van der Waals surface area contributed by atoms with Gasteiger partial charge in [-0.25, -0.2) is 0 Å². The maximum Gasteiger partial charge on any atom is 0.229 e. The molecule has 2 heteroatoms. The number of nitrogens with zero attached hydrogens (tertiary/aromatic N) is 1. The first-order chi connectivity index (χ1) is 11.5. The minimum Gasteiger partial charge on any atom is -0.315 e. The van der Waals surface area contributed by atoms with Gasteiger partial charge < -0.3 is 4.90 Å². The van der Waals surface area contributed by atoms with Crippen LogP contribution in [0.4, 0.5) is 5.69 Å². The van der Waals surface area contributed by atoms with E-state index in [1.807, 2.05) is 11.9 Å². The van der Waals surface area contributed by atoms with Gasteiger partial charge >= 0.3 is 0 Å². The number of rotatable bonds is 3. The highest BCUT2D eigenvalue weighted by molar-refractivity contribution is 5.94. The van der Waals surface area contributed by atoms with Crippen molar-refractivity contribution in [3.8, 4) is 11.1 Å². The number of aryl methyl sites for hydroxylation is 1. The smallest absolute Gasteiger partial charge is 0.229 e. The van der Waals surface area contributed by atoms with Crippen molar-refractivity contribution < 1.29 is 4.79 Å². The van der Waals surface area contributed by atoms with Crippen LogP contribution in [0.2, 0.25) is 0 Å². The summed E-state index contributed by atoms with van der Waals surface area (Å²) in [6.45, 7) is 4.38. The van der Waals surface area contributed by atoms with E-state index in [1.165, 1.54) is 29.5 Å². The number of amides is 1. The summed E-state index contributed by atoms with van der Waals surface area (Å²) in [5.74, 6) is 1.24. The molecular weight excluding hydrogens is 294 g/mol. The van der Waals surface area contributed by atoms with Gasteiger partial charge in [-0.1, -0.05) is 48.9 Å². The molecule has 0 aliphatic heterocycles. The molecule has 0 heterocycles. The van der Waals surface area contributed by atoms with Gasteiger partial charge in [-0.2, -0.15) is 0 Å². The molecule has 0 radical (unpaired) electrons. The Balaban J connectivity index is 1.70. The molecule has 0 spiro atoms. The standard InChI is InChI=1S/C22H27NO/c1-16-4-8-18(9-5-16)19-12-14-21(15-13-19)23(3)22(24)20-10-6-17(2)7-11-20/h4-5,8-9,12-15,17,20H,6-7,10-11H2,1-3H3. The van der Waals surface area contributed by atoms with Crippen LogP contribution in [-0.4, -0.2) is 13.0 Å². The van der Waals surface area contributed by atoms with Crippen LogP contribution in [0.3, 0.4) is 0 Å². The van der Waals surface area contributed by atoms with Crippen molar-refractivity contribution in [2.75, 3.05) is 11.9 Å². The van der Waals surface area contributed by atoms with Gasteiger partial charge in [-0.05, 0) is 61.8 Å². The Morgan fingerprint density at radius 2 is 1.38 bits per heavy atom. The molecule has 0 unspecified atom stereocenters. The number of hydrogen-bond acceptors (Lipinski definition) is 1. The molecule has 2 nitrogen and oxygen atoms in total. The zero-order valence-electron chi connectivity index (χ0n) is 15.0. The quantitative estimate of drug-likeness (QED) is 0.736. The van der Waals surface area contributed by atoms with Crippen LogP contribution in [-0.2, 0) is 4.79 Å². The van der Waals surface area contributed by atoms with Crippen molar-refractivity contribution in [3.63, 3.8) is 0 Å². The first kappa shape index (κ1) is 16.8. The van der Waals surface area contributed by atoms with Gasteiger partial charge in [0.15, 0.2) is 0 Å². The third kappa shape index (κ3) is 3.69. The van der Waals surface area contributed by atoms with Gasteiger partial charge in [-0.3, -0.25) is 4.79 Å². The van der Waals surface area contributed by atoms with E-state index >= 15 is 0 Å². The Morgan fingerprint density at radius 3 is 1.92 bits per heavy atom. The van der Waals surface area contributed by atoms with Crippen molar-refractivity contribution in [1.29, 1.82) is 0 Å². The summed E-state index contributed by atoms with van der Waals surface area (Å²) < 4.78 is 0. The first-order valence-electron chi connectivity index (χ1n) is 8.99. The molecule has 126 valence electrons. The van der Waals surface area contributed by atoms with Gasteiger partial charge in [0.2, 0.25) is 5.91 Å². The predicted octanol–water partition coefficient (Wildman–Crippen LogP) is 5.45. The third-order valence-corrected chi connectivity index (χ3v) is 5.34. The van der Waals surface area contributed by atoms with Gasteiger partial charge in [0, 0.05) is 18.7 Å². The normalized spacial score (nSPS) is 20.6. The molecule has 0 saturated heterocycles. The van der Waals surface area contributed by atoms with E-state index in [9.17, 15) is 4.79 Å². The van der Waals surface area contributed by atoms with E-state index in [0.717, 1.165) is 24.4 Å². The van der Waals surface area contributed by atoms with E-state index in [2.05, 4.69) is 62.4 Å². The largest absolute Gasteiger partial charge is 0.315 e. The molecule has 1 amide bonds. The molecule has 2 aromatic carbocycles.